The zero-order valence-electron chi connectivity index (χ0n) is 12.8. The molecule has 2 amide bonds. The molecule has 0 heterocycles. The summed E-state index contributed by atoms with van der Waals surface area (Å²) in [6, 6.07) is 6.38. The fourth-order valence-corrected chi connectivity index (χ4v) is 1.49. The maximum Gasteiger partial charge on any atom is 0.269 e. The normalized spacial score (nSPS) is 10.6. The van der Waals surface area contributed by atoms with E-state index in [9.17, 15) is 9.59 Å². The highest BCUT2D eigenvalue weighted by Gasteiger charge is 2.07. The molecule has 0 saturated heterocycles. The SMILES string of the molecule is CC/C=C/NNC(=O)c1ccc(C(=O)NN/C=C/CC)cc1. The third-order valence-corrected chi connectivity index (χ3v) is 2.65. The van der Waals surface area contributed by atoms with Crippen LogP contribution in [0.1, 0.15) is 47.4 Å². The summed E-state index contributed by atoms with van der Waals surface area (Å²) in [6.07, 6.45) is 8.86. The molecule has 4 N–H and O–H groups in total. The third-order valence-electron chi connectivity index (χ3n) is 2.65. The van der Waals surface area contributed by atoms with Crippen molar-refractivity contribution in [2.45, 2.75) is 26.7 Å². The lowest BCUT2D eigenvalue weighted by Gasteiger charge is -2.06. The Balaban J connectivity index is 2.51. The van der Waals surface area contributed by atoms with Crippen molar-refractivity contribution in [2.75, 3.05) is 0 Å². The number of amides is 2. The summed E-state index contributed by atoms with van der Waals surface area (Å²) in [5.41, 5.74) is 11.4. The maximum absolute atomic E-state index is 11.8. The van der Waals surface area contributed by atoms with Crippen LogP contribution >= 0.6 is 0 Å². The van der Waals surface area contributed by atoms with Crippen LogP contribution in [-0.2, 0) is 0 Å². The molecule has 1 aromatic carbocycles. The minimum Gasteiger partial charge on any atom is -0.306 e. The van der Waals surface area contributed by atoms with Gasteiger partial charge in [0.05, 0.1) is 0 Å². The van der Waals surface area contributed by atoms with E-state index in [0.717, 1.165) is 12.8 Å². The highest BCUT2D eigenvalue weighted by molar-refractivity contribution is 5.97. The van der Waals surface area contributed by atoms with E-state index in [1.54, 1.807) is 36.7 Å². The fourth-order valence-electron chi connectivity index (χ4n) is 1.49. The number of carbonyl (C=O) groups is 2. The second-order valence-electron chi connectivity index (χ2n) is 4.40. The Labute approximate surface area is 130 Å². The first-order valence-corrected chi connectivity index (χ1v) is 7.20. The highest BCUT2D eigenvalue weighted by atomic mass is 16.2. The Bertz CT molecular complexity index is 487. The molecule has 22 heavy (non-hydrogen) atoms. The van der Waals surface area contributed by atoms with E-state index in [1.165, 1.54) is 0 Å². The van der Waals surface area contributed by atoms with Gasteiger partial charge >= 0.3 is 0 Å². The second-order valence-corrected chi connectivity index (χ2v) is 4.40. The number of benzene rings is 1. The van der Waals surface area contributed by atoms with Crippen LogP contribution in [0.25, 0.3) is 0 Å². The third kappa shape index (κ3) is 6.13. The summed E-state index contributed by atoms with van der Waals surface area (Å²) < 4.78 is 0. The molecule has 0 aliphatic rings. The molecule has 118 valence electrons. The summed E-state index contributed by atoms with van der Waals surface area (Å²) in [6.45, 7) is 3.99. The van der Waals surface area contributed by atoms with Crippen LogP contribution in [0.4, 0.5) is 0 Å². The van der Waals surface area contributed by atoms with Crippen molar-refractivity contribution in [1.29, 1.82) is 0 Å². The minimum atomic E-state index is -0.267. The van der Waals surface area contributed by atoms with E-state index < -0.39 is 0 Å². The van der Waals surface area contributed by atoms with Gasteiger partial charge in [0.25, 0.3) is 11.8 Å². The Morgan fingerprint density at radius 3 is 1.50 bits per heavy atom. The predicted octanol–water partition coefficient (Wildman–Crippen LogP) is 2.00. The van der Waals surface area contributed by atoms with Crippen LogP contribution in [0.2, 0.25) is 0 Å². The molecule has 6 heteroatoms. The standard InChI is InChI=1S/C16H22N4O2/c1-3-5-11-17-19-15(21)13-7-9-14(10-8-13)16(22)20-18-12-6-4-2/h5-12,17-18H,3-4H2,1-2H3,(H,19,21)(H,20,22)/b11-5+,12-6+. The quantitative estimate of drug-likeness (QED) is 0.554. The number of nitrogens with one attached hydrogen (secondary N) is 4. The van der Waals surface area contributed by atoms with Crippen LogP contribution in [0.5, 0.6) is 0 Å². The molecule has 1 aromatic rings. The molecule has 0 unspecified atom stereocenters. The Kier molecular flexibility index (Phi) is 7.89. The van der Waals surface area contributed by atoms with Gasteiger partial charge in [-0.25, -0.2) is 0 Å². The van der Waals surface area contributed by atoms with Gasteiger partial charge in [-0.15, -0.1) is 0 Å². The fraction of sp³-hybridized carbons (Fsp3) is 0.250. The first-order valence-electron chi connectivity index (χ1n) is 7.20. The average molecular weight is 302 g/mol. The van der Waals surface area contributed by atoms with Gasteiger partial charge in [-0.3, -0.25) is 20.4 Å². The molecule has 6 nitrogen and oxygen atoms in total. The van der Waals surface area contributed by atoms with Crippen LogP contribution in [0, 0.1) is 0 Å². The van der Waals surface area contributed by atoms with E-state index in [4.69, 9.17) is 0 Å². The van der Waals surface area contributed by atoms with Crippen molar-refractivity contribution >= 4 is 11.8 Å². The maximum atomic E-state index is 11.8. The average Bonchev–Trinajstić information content (AvgIpc) is 2.55. The summed E-state index contributed by atoms with van der Waals surface area (Å²) in [5.74, 6) is -0.534. The molecular formula is C16H22N4O2. The van der Waals surface area contributed by atoms with Gasteiger partial charge in [0.1, 0.15) is 0 Å². The van der Waals surface area contributed by atoms with E-state index in [-0.39, 0.29) is 11.8 Å². The van der Waals surface area contributed by atoms with Crippen molar-refractivity contribution in [3.8, 4) is 0 Å². The van der Waals surface area contributed by atoms with E-state index in [1.807, 2.05) is 26.0 Å². The number of hydrogen-bond donors (Lipinski definition) is 4. The van der Waals surface area contributed by atoms with Crippen LogP contribution in [-0.4, -0.2) is 11.8 Å². The Morgan fingerprint density at radius 2 is 1.18 bits per heavy atom. The molecule has 0 bridgehead atoms. The number of allylic oxidation sites excluding steroid dienone is 2. The Hall–Kier alpha value is -2.76. The lowest BCUT2D eigenvalue weighted by Crippen LogP contribution is -2.34. The lowest BCUT2D eigenvalue weighted by atomic mass is 10.1. The van der Waals surface area contributed by atoms with Crippen LogP contribution in [0.3, 0.4) is 0 Å². The molecule has 0 saturated carbocycles. The molecule has 0 radical (unpaired) electrons. The van der Waals surface area contributed by atoms with Gasteiger partial charge in [0.15, 0.2) is 0 Å². The monoisotopic (exact) mass is 302 g/mol. The molecular weight excluding hydrogens is 280 g/mol. The van der Waals surface area contributed by atoms with Crippen molar-refractivity contribution in [3.05, 3.63) is 59.9 Å². The lowest BCUT2D eigenvalue weighted by molar-refractivity contribution is 0.0929. The summed E-state index contributed by atoms with van der Waals surface area (Å²) in [7, 11) is 0. The van der Waals surface area contributed by atoms with Gasteiger partial charge in [-0.05, 0) is 37.1 Å². The molecule has 0 aromatic heterocycles. The number of rotatable bonds is 8. The molecule has 0 fully saturated rings. The van der Waals surface area contributed by atoms with E-state index in [0.29, 0.717) is 11.1 Å². The number of hydrazine groups is 2. The van der Waals surface area contributed by atoms with Crippen molar-refractivity contribution in [2.24, 2.45) is 0 Å². The topological polar surface area (TPSA) is 82.3 Å². The first kappa shape index (κ1) is 17.3. The van der Waals surface area contributed by atoms with Gasteiger partial charge < -0.3 is 10.9 Å². The van der Waals surface area contributed by atoms with Crippen LogP contribution < -0.4 is 21.7 Å². The van der Waals surface area contributed by atoms with E-state index in [2.05, 4.69) is 21.7 Å². The van der Waals surface area contributed by atoms with Gasteiger partial charge in [0, 0.05) is 23.5 Å². The van der Waals surface area contributed by atoms with Crippen molar-refractivity contribution in [1.82, 2.24) is 21.7 Å². The molecule has 0 atom stereocenters. The van der Waals surface area contributed by atoms with E-state index >= 15 is 0 Å². The summed E-state index contributed by atoms with van der Waals surface area (Å²) >= 11 is 0. The Morgan fingerprint density at radius 1 is 0.818 bits per heavy atom. The molecule has 0 spiro atoms. The van der Waals surface area contributed by atoms with Gasteiger partial charge in [0.2, 0.25) is 0 Å². The summed E-state index contributed by atoms with van der Waals surface area (Å²) in [4.78, 5) is 23.6. The van der Waals surface area contributed by atoms with Gasteiger partial charge in [-0.2, -0.15) is 0 Å². The van der Waals surface area contributed by atoms with Gasteiger partial charge in [-0.1, -0.05) is 26.0 Å². The summed E-state index contributed by atoms with van der Waals surface area (Å²) in [5, 5.41) is 0. The predicted molar refractivity (Wildman–Crippen MR) is 86.5 cm³/mol. The smallest absolute Gasteiger partial charge is 0.269 e. The first-order chi connectivity index (χ1) is 10.7. The van der Waals surface area contributed by atoms with Crippen molar-refractivity contribution in [3.63, 3.8) is 0 Å². The number of hydrogen-bond acceptors (Lipinski definition) is 4. The molecule has 1 rings (SSSR count). The van der Waals surface area contributed by atoms with Crippen molar-refractivity contribution < 1.29 is 9.59 Å². The minimum absolute atomic E-state index is 0.267. The van der Waals surface area contributed by atoms with Crippen LogP contribution in [0.15, 0.2) is 48.8 Å². The zero-order valence-corrected chi connectivity index (χ0v) is 12.8. The highest BCUT2D eigenvalue weighted by Crippen LogP contribution is 2.04. The second kappa shape index (κ2) is 10.0. The molecule has 0 aliphatic heterocycles. The zero-order chi connectivity index (χ0) is 16.2. The molecule has 0 aliphatic carbocycles. The number of carbonyl (C=O) groups excluding carboxylic acids is 2. The largest absolute Gasteiger partial charge is 0.306 e.